The fraction of sp³-hybridized carbons (Fsp3) is 0.769. The molecule has 0 saturated heterocycles. The molecule has 0 spiro atoms. The fourth-order valence-electron chi connectivity index (χ4n) is 2.83. The van der Waals surface area contributed by atoms with Gasteiger partial charge in [-0.05, 0) is 26.9 Å². The van der Waals surface area contributed by atoms with Gasteiger partial charge in [-0.3, -0.25) is 4.79 Å². The van der Waals surface area contributed by atoms with Crippen LogP contribution in [0.25, 0.3) is 0 Å². The highest BCUT2D eigenvalue weighted by atomic mass is 16.6. The number of amides is 1. The molecule has 0 aromatic carbocycles. The first-order valence-electron chi connectivity index (χ1n) is 6.86. The van der Waals surface area contributed by atoms with E-state index in [-0.39, 0.29) is 23.6 Å². The minimum Gasteiger partial charge on any atom is -0.477 e. The van der Waals surface area contributed by atoms with Crippen LogP contribution in [-0.2, 0) is 14.4 Å². The second kappa shape index (κ2) is 5.78. The SMILES string of the molecule is CN(C)C1(CNC(=O)C2CC(C(=O)O)=NO2)CCCC1. The average Bonchev–Trinajstić information content (AvgIpc) is 3.06. The van der Waals surface area contributed by atoms with Crippen molar-refractivity contribution in [1.29, 1.82) is 0 Å². The van der Waals surface area contributed by atoms with Gasteiger partial charge in [0, 0.05) is 18.5 Å². The zero-order chi connectivity index (χ0) is 14.8. The Balaban J connectivity index is 1.85. The van der Waals surface area contributed by atoms with E-state index in [1.807, 2.05) is 14.1 Å². The standard InChI is InChI=1S/C13H21N3O4/c1-16(2)13(5-3-4-6-13)8-14-11(17)10-7-9(12(18)19)15-20-10/h10H,3-8H2,1-2H3,(H,14,17)(H,18,19). The van der Waals surface area contributed by atoms with Crippen LogP contribution < -0.4 is 5.32 Å². The Bertz CT molecular complexity index is 427. The third kappa shape index (κ3) is 2.92. The first kappa shape index (κ1) is 14.8. The molecule has 0 bridgehead atoms. The van der Waals surface area contributed by atoms with Crippen molar-refractivity contribution in [3.8, 4) is 0 Å². The van der Waals surface area contributed by atoms with Crippen LogP contribution in [0.5, 0.6) is 0 Å². The summed E-state index contributed by atoms with van der Waals surface area (Å²) in [6, 6.07) is 0. The monoisotopic (exact) mass is 283 g/mol. The van der Waals surface area contributed by atoms with Crippen molar-refractivity contribution in [2.24, 2.45) is 5.16 Å². The molecule has 2 aliphatic rings. The Morgan fingerprint density at radius 2 is 2.10 bits per heavy atom. The van der Waals surface area contributed by atoms with Crippen molar-refractivity contribution in [2.45, 2.75) is 43.7 Å². The van der Waals surface area contributed by atoms with Gasteiger partial charge in [0.05, 0.1) is 0 Å². The van der Waals surface area contributed by atoms with Gasteiger partial charge in [0.25, 0.3) is 5.91 Å². The molecule has 1 atom stereocenters. The van der Waals surface area contributed by atoms with Crippen molar-refractivity contribution < 1.29 is 19.5 Å². The predicted octanol–water partition coefficient (Wildman–Crippen LogP) is 0.207. The van der Waals surface area contributed by atoms with Crippen LogP contribution in [0, 0.1) is 0 Å². The molecular weight excluding hydrogens is 262 g/mol. The van der Waals surface area contributed by atoms with Crippen LogP contribution >= 0.6 is 0 Å². The third-order valence-corrected chi connectivity index (χ3v) is 4.28. The predicted molar refractivity (Wildman–Crippen MR) is 72.5 cm³/mol. The molecule has 1 saturated carbocycles. The highest BCUT2D eigenvalue weighted by molar-refractivity contribution is 6.36. The van der Waals surface area contributed by atoms with E-state index in [9.17, 15) is 9.59 Å². The first-order valence-corrected chi connectivity index (χ1v) is 6.86. The van der Waals surface area contributed by atoms with Gasteiger partial charge in [0.15, 0.2) is 5.71 Å². The highest BCUT2D eigenvalue weighted by Gasteiger charge is 2.38. The summed E-state index contributed by atoms with van der Waals surface area (Å²) in [6.45, 7) is 0.557. The average molecular weight is 283 g/mol. The maximum atomic E-state index is 12.0. The zero-order valence-corrected chi connectivity index (χ0v) is 11.9. The molecule has 1 amide bonds. The Morgan fingerprint density at radius 1 is 1.45 bits per heavy atom. The number of likely N-dealkylation sites (N-methyl/N-ethyl adjacent to an activating group) is 1. The molecule has 1 aliphatic carbocycles. The van der Waals surface area contributed by atoms with Gasteiger partial charge >= 0.3 is 5.97 Å². The Morgan fingerprint density at radius 3 is 2.60 bits per heavy atom. The van der Waals surface area contributed by atoms with Gasteiger partial charge in [-0.15, -0.1) is 0 Å². The minimum atomic E-state index is -1.14. The molecule has 112 valence electrons. The maximum Gasteiger partial charge on any atom is 0.353 e. The molecule has 1 unspecified atom stereocenters. The van der Waals surface area contributed by atoms with E-state index in [1.54, 1.807) is 0 Å². The van der Waals surface area contributed by atoms with Crippen LogP contribution in [0.3, 0.4) is 0 Å². The topological polar surface area (TPSA) is 91.2 Å². The fourth-order valence-corrected chi connectivity index (χ4v) is 2.83. The van der Waals surface area contributed by atoms with E-state index in [4.69, 9.17) is 9.94 Å². The normalized spacial score (nSPS) is 24.4. The van der Waals surface area contributed by atoms with E-state index in [1.165, 1.54) is 12.8 Å². The number of nitrogens with one attached hydrogen (secondary N) is 1. The van der Waals surface area contributed by atoms with Crippen LogP contribution in [0.15, 0.2) is 5.16 Å². The second-order valence-electron chi connectivity index (χ2n) is 5.68. The summed E-state index contributed by atoms with van der Waals surface area (Å²) >= 11 is 0. The van der Waals surface area contributed by atoms with Crippen molar-refractivity contribution in [3.63, 3.8) is 0 Å². The number of oxime groups is 1. The minimum absolute atomic E-state index is 0.00471. The number of carboxylic acid groups (broad SMARTS) is 1. The molecule has 20 heavy (non-hydrogen) atoms. The summed E-state index contributed by atoms with van der Waals surface area (Å²) in [5, 5.41) is 15.1. The lowest BCUT2D eigenvalue weighted by Gasteiger charge is -2.36. The number of nitrogens with zero attached hydrogens (tertiary/aromatic N) is 2. The Kier molecular flexibility index (Phi) is 4.27. The smallest absolute Gasteiger partial charge is 0.353 e. The van der Waals surface area contributed by atoms with E-state index >= 15 is 0 Å². The molecular formula is C13H21N3O4. The van der Waals surface area contributed by atoms with Crippen molar-refractivity contribution in [2.75, 3.05) is 20.6 Å². The quantitative estimate of drug-likeness (QED) is 0.752. The number of aliphatic carboxylic acids is 1. The molecule has 0 aromatic rings. The summed E-state index contributed by atoms with van der Waals surface area (Å²) in [5.74, 6) is -1.43. The molecule has 0 aromatic heterocycles. The summed E-state index contributed by atoms with van der Waals surface area (Å²) in [7, 11) is 4.05. The number of hydrogen-bond acceptors (Lipinski definition) is 5. The van der Waals surface area contributed by atoms with E-state index in [0.717, 1.165) is 12.8 Å². The van der Waals surface area contributed by atoms with Crippen LogP contribution in [0.4, 0.5) is 0 Å². The molecule has 7 heteroatoms. The summed E-state index contributed by atoms with van der Waals surface area (Å²) in [5.41, 5.74) is -0.0987. The first-order chi connectivity index (χ1) is 9.44. The number of carboxylic acids is 1. The largest absolute Gasteiger partial charge is 0.477 e. The molecule has 2 N–H and O–H groups in total. The van der Waals surface area contributed by atoms with Gasteiger partial charge in [0.1, 0.15) is 0 Å². The lowest BCUT2D eigenvalue weighted by atomic mass is 9.96. The zero-order valence-electron chi connectivity index (χ0n) is 11.9. The van der Waals surface area contributed by atoms with Gasteiger partial charge in [-0.1, -0.05) is 18.0 Å². The van der Waals surface area contributed by atoms with E-state index in [0.29, 0.717) is 6.54 Å². The molecule has 2 rings (SSSR count). The molecule has 1 heterocycles. The van der Waals surface area contributed by atoms with Crippen molar-refractivity contribution in [1.82, 2.24) is 10.2 Å². The molecule has 7 nitrogen and oxygen atoms in total. The lowest BCUT2D eigenvalue weighted by Crippen LogP contribution is -2.52. The molecule has 1 aliphatic heterocycles. The summed E-state index contributed by atoms with van der Waals surface area (Å²) in [4.78, 5) is 29.8. The van der Waals surface area contributed by atoms with Crippen molar-refractivity contribution >= 4 is 17.6 Å². The van der Waals surface area contributed by atoms with Gasteiger partial charge < -0.3 is 20.2 Å². The third-order valence-electron chi connectivity index (χ3n) is 4.28. The number of rotatable bonds is 5. The molecule has 1 fully saturated rings. The Labute approximate surface area is 117 Å². The van der Waals surface area contributed by atoms with E-state index in [2.05, 4.69) is 15.4 Å². The number of carbonyl (C=O) groups is 2. The van der Waals surface area contributed by atoms with Crippen molar-refractivity contribution in [3.05, 3.63) is 0 Å². The molecule has 0 radical (unpaired) electrons. The van der Waals surface area contributed by atoms with Gasteiger partial charge in [-0.2, -0.15) is 0 Å². The van der Waals surface area contributed by atoms with E-state index < -0.39 is 12.1 Å². The lowest BCUT2D eigenvalue weighted by molar-refractivity contribution is -0.131. The van der Waals surface area contributed by atoms with Gasteiger partial charge in [-0.25, -0.2) is 4.79 Å². The number of hydrogen-bond donors (Lipinski definition) is 2. The summed E-state index contributed by atoms with van der Waals surface area (Å²) in [6.07, 6.45) is 3.66. The second-order valence-corrected chi connectivity index (χ2v) is 5.68. The summed E-state index contributed by atoms with van der Waals surface area (Å²) < 4.78 is 0. The highest BCUT2D eigenvalue weighted by Crippen LogP contribution is 2.33. The van der Waals surface area contributed by atoms with Gasteiger partial charge in [0.2, 0.25) is 6.10 Å². The van der Waals surface area contributed by atoms with Crippen LogP contribution in [0.1, 0.15) is 32.1 Å². The number of carbonyl (C=O) groups excluding carboxylic acids is 1. The maximum absolute atomic E-state index is 12.0. The van der Waals surface area contributed by atoms with Crippen LogP contribution in [-0.4, -0.2) is 59.9 Å². The Hall–Kier alpha value is -1.63. The van der Waals surface area contributed by atoms with Crippen LogP contribution in [0.2, 0.25) is 0 Å².